The van der Waals surface area contributed by atoms with Crippen molar-refractivity contribution in [3.8, 4) is 0 Å². The maximum absolute atomic E-state index is 11.4. The molecule has 0 aromatic rings. The van der Waals surface area contributed by atoms with Crippen LogP contribution in [0.2, 0.25) is 0 Å². The lowest BCUT2D eigenvalue weighted by Gasteiger charge is -2.37. The Morgan fingerprint density at radius 1 is 1.57 bits per heavy atom. The molecule has 3 atom stereocenters. The zero-order chi connectivity index (χ0) is 10.1. The fraction of sp³-hybridized carbons (Fsp3) is 0.636. The van der Waals surface area contributed by atoms with E-state index in [1.165, 1.54) is 0 Å². The van der Waals surface area contributed by atoms with Crippen molar-refractivity contribution in [1.82, 2.24) is 0 Å². The molecule has 2 aliphatic rings. The summed E-state index contributed by atoms with van der Waals surface area (Å²) in [6, 6.07) is 0. The highest BCUT2D eigenvalue weighted by Crippen LogP contribution is 2.40. The largest absolute Gasteiger partial charge is 0.466 e. The van der Waals surface area contributed by atoms with Crippen LogP contribution in [0.4, 0.5) is 0 Å². The second-order valence-electron chi connectivity index (χ2n) is 3.94. The van der Waals surface area contributed by atoms with Crippen LogP contribution in [0.5, 0.6) is 0 Å². The number of rotatable bonds is 2. The van der Waals surface area contributed by atoms with Gasteiger partial charge < -0.3 is 4.74 Å². The Balaban J connectivity index is 1.98. The van der Waals surface area contributed by atoms with Crippen LogP contribution >= 0.6 is 0 Å². The molecule has 2 rings (SSSR count). The Hall–Kier alpha value is -1.12. The summed E-state index contributed by atoms with van der Waals surface area (Å²) < 4.78 is 4.94. The number of hydrogen-bond donors (Lipinski definition) is 0. The minimum Gasteiger partial charge on any atom is -0.466 e. The molecule has 76 valence electrons. The minimum atomic E-state index is -0.151. The van der Waals surface area contributed by atoms with Crippen LogP contribution in [0.3, 0.4) is 0 Å². The van der Waals surface area contributed by atoms with Crippen LogP contribution in [0.15, 0.2) is 12.2 Å². The van der Waals surface area contributed by atoms with Crippen molar-refractivity contribution in [2.45, 2.75) is 19.8 Å². The van der Waals surface area contributed by atoms with E-state index in [9.17, 15) is 9.59 Å². The van der Waals surface area contributed by atoms with Gasteiger partial charge in [0.2, 0.25) is 0 Å². The lowest BCUT2D eigenvalue weighted by atomic mass is 9.65. The van der Waals surface area contributed by atoms with E-state index < -0.39 is 0 Å². The Bertz CT molecular complexity index is 293. The molecule has 0 amide bonds. The number of ketones is 1. The maximum atomic E-state index is 11.4. The van der Waals surface area contributed by atoms with E-state index in [0.717, 1.165) is 6.42 Å². The molecule has 1 fully saturated rings. The summed E-state index contributed by atoms with van der Waals surface area (Å²) in [5, 5.41) is 0. The van der Waals surface area contributed by atoms with Crippen molar-refractivity contribution in [2.75, 3.05) is 6.61 Å². The lowest BCUT2D eigenvalue weighted by molar-refractivity contribution is -0.149. The third kappa shape index (κ3) is 1.47. The van der Waals surface area contributed by atoms with Gasteiger partial charge in [-0.05, 0) is 19.3 Å². The van der Waals surface area contributed by atoms with E-state index in [2.05, 4.69) is 0 Å². The van der Waals surface area contributed by atoms with Gasteiger partial charge in [-0.1, -0.05) is 12.2 Å². The molecular formula is C11H14O3. The number of hydrogen-bond acceptors (Lipinski definition) is 3. The second-order valence-corrected chi connectivity index (χ2v) is 3.94. The van der Waals surface area contributed by atoms with Gasteiger partial charge in [-0.3, -0.25) is 9.59 Å². The highest BCUT2D eigenvalue weighted by atomic mass is 16.5. The third-order valence-electron chi connectivity index (χ3n) is 3.04. The fourth-order valence-corrected chi connectivity index (χ4v) is 2.20. The van der Waals surface area contributed by atoms with Crippen LogP contribution in [0, 0.1) is 17.8 Å². The molecule has 14 heavy (non-hydrogen) atoms. The predicted octanol–water partition coefficient (Wildman–Crippen LogP) is 1.33. The van der Waals surface area contributed by atoms with Crippen molar-refractivity contribution in [3.63, 3.8) is 0 Å². The van der Waals surface area contributed by atoms with Crippen molar-refractivity contribution in [2.24, 2.45) is 17.8 Å². The topological polar surface area (TPSA) is 43.4 Å². The first kappa shape index (κ1) is 9.44. The number of ether oxygens (including phenoxy) is 1. The summed E-state index contributed by atoms with van der Waals surface area (Å²) in [5.41, 5.74) is 0. The van der Waals surface area contributed by atoms with Crippen LogP contribution in [-0.2, 0) is 14.3 Å². The van der Waals surface area contributed by atoms with E-state index in [-0.39, 0.29) is 17.8 Å². The molecule has 3 nitrogen and oxygen atoms in total. The van der Waals surface area contributed by atoms with Gasteiger partial charge in [-0.25, -0.2) is 0 Å². The van der Waals surface area contributed by atoms with Gasteiger partial charge in [0.25, 0.3) is 0 Å². The fourth-order valence-electron chi connectivity index (χ4n) is 2.20. The standard InChI is InChI=1S/C11H14O3/c1-2-14-11(13)7-3-4-9-8(5-7)6-10(9)12/h3-4,7-9H,2,5-6H2,1H3/t7-,8-,9-/m1/s1. The molecule has 0 radical (unpaired) electrons. The average molecular weight is 194 g/mol. The molecule has 0 aromatic heterocycles. The first-order valence-corrected chi connectivity index (χ1v) is 5.10. The lowest BCUT2D eigenvalue weighted by Crippen LogP contribution is -2.40. The second kappa shape index (κ2) is 3.56. The first-order valence-electron chi connectivity index (χ1n) is 5.10. The third-order valence-corrected chi connectivity index (χ3v) is 3.04. The van der Waals surface area contributed by atoms with E-state index in [1.807, 2.05) is 12.2 Å². The molecule has 0 bridgehead atoms. The van der Waals surface area contributed by atoms with Gasteiger partial charge in [0.15, 0.2) is 0 Å². The first-order chi connectivity index (χ1) is 6.72. The normalized spacial score (nSPS) is 34.6. The minimum absolute atomic E-state index is 0.0978. The van der Waals surface area contributed by atoms with E-state index in [1.54, 1.807) is 6.92 Å². The van der Waals surface area contributed by atoms with Crippen molar-refractivity contribution in [3.05, 3.63) is 12.2 Å². The summed E-state index contributed by atoms with van der Waals surface area (Å²) >= 11 is 0. The summed E-state index contributed by atoms with van der Waals surface area (Å²) in [4.78, 5) is 22.5. The van der Waals surface area contributed by atoms with Crippen LogP contribution in [0.25, 0.3) is 0 Å². The van der Waals surface area contributed by atoms with Gasteiger partial charge >= 0.3 is 5.97 Å². The molecule has 3 heteroatoms. The van der Waals surface area contributed by atoms with Gasteiger partial charge in [-0.15, -0.1) is 0 Å². The van der Waals surface area contributed by atoms with E-state index in [0.29, 0.717) is 24.7 Å². The van der Waals surface area contributed by atoms with Crippen LogP contribution < -0.4 is 0 Å². The highest BCUT2D eigenvalue weighted by Gasteiger charge is 2.42. The SMILES string of the molecule is CCOC(=O)[C@@H]1C=C[C@H]2C(=O)C[C@H]2C1. The van der Waals surface area contributed by atoms with Crippen molar-refractivity contribution in [1.29, 1.82) is 0 Å². The highest BCUT2D eigenvalue weighted by molar-refractivity contribution is 5.90. The summed E-state index contributed by atoms with van der Waals surface area (Å²) in [6.07, 6.45) is 5.13. The predicted molar refractivity (Wildman–Crippen MR) is 50.5 cm³/mol. The van der Waals surface area contributed by atoms with Crippen molar-refractivity contribution < 1.29 is 14.3 Å². The molecule has 2 aliphatic carbocycles. The van der Waals surface area contributed by atoms with Crippen LogP contribution in [-0.4, -0.2) is 18.4 Å². The Labute approximate surface area is 83.1 Å². The molecule has 0 aliphatic heterocycles. The number of carbonyl (C=O) groups excluding carboxylic acids is 2. The molecule has 0 unspecified atom stereocenters. The van der Waals surface area contributed by atoms with Crippen molar-refractivity contribution >= 4 is 11.8 Å². The van der Waals surface area contributed by atoms with Gasteiger partial charge in [-0.2, -0.15) is 0 Å². The smallest absolute Gasteiger partial charge is 0.312 e. The van der Waals surface area contributed by atoms with Crippen LogP contribution in [0.1, 0.15) is 19.8 Å². The van der Waals surface area contributed by atoms with E-state index >= 15 is 0 Å². The average Bonchev–Trinajstić information content (AvgIpc) is 2.16. The molecule has 1 saturated carbocycles. The number of esters is 1. The maximum Gasteiger partial charge on any atom is 0.312 e. The number of carbonyl (C=O) groups is 2. The zero-order valence-electron chi connectivity index (χ0n) is 8.23. The van der Waals surface area contributed by atoms with Gasteiger partial charge in [0, 0.05) is 12.3 Å². The molecule has 0 aromatic carbocycles. The number of Topliss-reactive ketones (excluding diaryl/α,β-unsaturated/α-hetero) is 1. The Morgan fingerprint density at radius 2 is 2.36 bits per heavy atom. The molecule has 0 N–H and O–H groups in total. The molecule has 0 spiro atoms. The summed E-state index contributed by atoms with van der Waals surface area (Å²) in [7, 11) is 0. The molecular weight excluding hydrogens is 180 g/mol. The van der Waals surface area contributed by atoms with Gasteiger partial charge in [0.05, 0.1) is 12.5 Å². The van der Waals surface area contributed by atoms with Gasteiger partial charge in [0.1, 0.15) is 5.78 Å². The van der Waals surface area contributed by atoms with E-state index in [4.69, 9.17) is 4.74 Å². The quantitative estimate of drug-likeness (QED) is 0.492. The Kier molecular flexibility index (Phi) is 2.40. The molecule has 0 saturated heterocycles. The summed E-state index contributed by atoms with van der Waals surface area (Å²) in [6.45, 7) is 2.23. The number of allylic oxidation sites excluding steroid dienone is 1. The number of fused-ring (bicyclic) bond motifs is 1. The molecule has 0 heterocycles. The Morgan fingerprint density at radius 3 is 2.93 bits per heavy atom. The zero-order valence-corrected chi connectivity index (χ0v) is 8.23. The summed E-state index contributed by atoms with van der Waals surface area (Å²) in [5.74, 6) is 0.530. The monoisotopic (exact) mass is 194 g/mol.